The number of hydrogen-bond donors (Lipinski definition) is 0. The molecule has 1 aliphatic heterocycles. The van der Waals surface area contributed by atoms with Crippen molar-refractivity contribution >= 4 is 5.78 Å². The summed E-state index contributed by atoms with van der Waals surface area (Å²) in [4.78, 5) is 12.6. The molecule has 0 bridgehead atoms. The Labute approximate surface area is 123 Å². The highest BCUT2D eigenvalue weighted by atomic mass is 16.5. The van der Waals surface area contributed by atoms with Crippen molar-refractivity contribution in [1.82, 2.24) is 0 Å². The molecule has 1 heterocycles. The van der Waals surface area contributed by atoms with Crippen molar-refractivity contribution in [3.63, 3.8) is 0 Å². The van der Waals surface area contributed by atoms with Crippen LogP contribution in [-0.4, -0.2) is 31.2 Å². The van der Waals surface area contributed by atoms with E-state index >= 15 is 0 Å². The molecule has 0 spiro atoms. The Hall–Kier alpha value is -0.410. The van der Waals surface area contributed by atoms with Gasteiger partial charge in [-0.25, -0.2) is 0 Å². The van der Waals surface area contributed by atoms with E-state index in [0.717, 1.165) is 51.6 Å². The molecule has 2 rings (SSSR count). The van der Waals surface area contributed by atoms with Gasteiger partial charge in [-0.3, -0.25) is 4.79 Å². The van der Waals surface area contributed by atoms with Gasteiger partial charge in [-0.1, -0.05) is 13.8 Å². The van der Waals surface area contributed by atoms with E-state index < -0.39 is 5.60 Å². The second kappa shape index (κ2) is 6.57. The first-order valence-corrected chi connectivity index (χ1v) is 8.18. The van der Waals surface area contributed by atoms with Gasteiger partial charge in [0, 0.05) is 20.1 Å². The molecule has 3 nitrogen and oxygen atoms in total. The standard InChI is InChI=1S/C17H30O3/c1-16(2)9-11-17(19-3,12-10-16)15(18)8-4-6-14-7-5-13-20-14/h14H,4-13H2,1-3H3. The minimum absolute atomic E-state index is 0.313. The van der Waals surface area contributed by atoms with Gasteiger partial charge in [-0.2, -0.15) is 0 Å². The number of carbonyl (C=O) groups excluding carboxylic acids is 1. The maximum atomic E-state index is 12.6. The highest BCUT2D eigenvalue weighted by Gasteiger charge is 2.43. The summed E-state index contributed by atoms with van der Waals surface area (Å²) >= 11 is 0. The highest BCUT2D eigenvalue weighted by molar-refractivity contribution is 5.87. The molecule has 3 heteroatoms. The number of hydrogen-bond acceptors (Lipinski definition) is 3. The molecule has 116 valence electrons. The topological polar surface area (TPSA) is 35.5 Å². The van der Waals surface area contributed by atoms with Crippen molar-refractivity contribution in [2.45, 2.75) is 83.3 Å². The van der Waals surface area contributed by atoms with Crippen LogP contribution < -0.4 is 0 Å². The smallest absolute Gasteiger partial charge is 0.164 e. The number of ketones is 1. The molecule has 2 fully saturated rings. The molecule has 0 N–H and O–H groups in total. The van der Waals surface area contributed by atoms with E-state index in [1.54, 1.807) is 7.11 Å². The Morgan fingerprint density at radius 2 is 1.95 bits per heavy atom. The van der Waals surface area contributed by atoms with Crippen LogP contribution in [0.5, 0.6) is 0 Å². The number of carbonyl (C=O) groups is 1. The Kier molecular flexibility index (Phi) is 5.25. The predicted molar refractivity (Wildman–Crippen MR) is 79.8 cm³/mol. The minimum Gasteiger partial charge on any atom is -0.378 e. The Balaban J connectivity index is 1.79. The lowest BCUT2D eigenvalue weighted by molar-refractivity contribution is -0.148. The van der Waals surface area contributed by atoms with Crippen molar-refractivity contribution in [2.24, 2.45) is 5.41 Å². The second-order valence-corrected chi connectivity index (χ2v) is 7.31. The average Bonchev–Trinajstić information content (AvgIpc) is 2.92. The average molecular weight is 282 g/mol. The molecule has 0 aromatic heterocycles. The van der Waals surface area contributed by atoms with E-state index in [0.29, 0.717) is 23.7 Å². The fourth-order valence-corrected chi connectivity index (χ4v) is 3.52. The largest absolute Gasteiger partial charge is 0.378 e. The molecule has 0 amide bonds. The Bertz CT molecular complexity index is 319. The maximum absolute atomic E-state index is 12.6. The summed E-state index contributed by atoms with van der Waals surface area (Å²) in [7, 11) is 1.70. The van der Waals surface area contributed by atoms with Crippen LogP contribution in [0.25, 0.3) is 0 Å². The molecular weight excluding hydrogens is 252 g/mol. The molecule has 1 unspecified atom stereocenters. The first kappa shape index (κ1) is 16.0. The van der Waals surface area contributed by atoms with Crippen LogP contribution in [0, 0.1) is 5.41 Å². The van der Waals surface area contributed by atoms with Crippen molar-refractivity contribution in [3.8, 4) is 0 Å². The molecule has 2 aliphatic rings. The quantitative estimate of drug-likeness (QED) is 0.741. The molecular formula is C17H30O3. The number of ether oxygens (including phenoxy) is 2. The lowest BCUT2D eigenvalue weighted by Gasteiger charge is -2.41. The first-order chi connectivity index (χ1) is 9.47. The molecule has 1 aliphatic carbocycles. The summed E-state index contributed by atoms with van der Waals surface area (Å²) < 4.78 is 11.3. The van der Waals surface area contributed by atoms with Gasteiger partial charge in [-0.15, -0.1) is 0 Å². The van der Waals surface area contributed by atoms with E-state index in [2.05, 4.69) is 13.8 Å². The highest BCUT2D eigenvalue weighted by Crippen LogP contribution is 2.42. The van der Waals surface area contributed by atoms with Crippen molar-refractivity contribution in [1.29, 1.82) is 0 Å². The van der Waals surface area contributed by atoms with Gasteiger partial charge < -0.3 is 9.47 Å². The van der Waals surface area contributed by atoms with Gasteiger partial charge in [0.15, 0.2) is 5.78 Å². The first-order valence-electron chi connectivity index (χ1n) is 8.18. The third kappa shape index (κ3) is 3.82. The zero-order chi connectivity index (χ0) is 14.6. The van der Waals surface area contributed by atoms with Crippen LogP contribution in [0.15, 0.2) is 0 Å². The summed E-state index contributed by atoms with van der Waals surface area (Å²) in [6.07, 6.45) is 9.28. The summed E-state index contributed by atoms with van der Waals surface area (Å²) in [5.74, 6) is 0.313. The van der Waals surface area contributed by atoms with E-state index in [-0.39, 0.29) is 0 Å². The third-order valence-electron chi connectivity index (χ3n) is 5.26. The number of methoxy groups -OCH3 is 1. The Morgan fingerprint density at radius 1 is 1.25 bits per heavy atom. The van der Waals surface area contributed by atoms with E-state index in [1.807, 2.05) is 0 Å². The second-order valence-electron chi connectivity index (χ2n) is 7.31. The zero-order valence-electron chi connectivity index (χ0n) is 13.4. The minimum atomic E-state index is -0.494. The lowest BCUT2D eigenvalue weighted by atomic mass is 9.69. The summed E-state index contributed by atoms with van der Waals surface area (Å²) in [6, 6.07) is 0. The third-order valence-corrected chi connectivity index (χ3v) is 5.26. The van der Waals surface area contributed by atoms with Gasteiger partial charge in [0.25, 0.3) is 0 Å². The van der Waals surface area contributed by atoms with Crippen LogP contribution in [0.2, 0.25) is 0 Å². The molecule has 0 radical (unpaired) electrons. The summed E-state index contributed by atoms with van der Waals surface area (Å²) in [5, 5.41) is 0. The van der Waals surface area contributed by atoms with Crippen LogP contribution in [0.1, 0.15) is 71.6 Å². The molecule has 0 aromatic rings. The van der Waals surface area contributed by atoms with Gasteiger partial charge in [-0.05, 0) is 56.8 Å². The van der Waals surface area contributed by atoms with E-state index in [1.165, 1.54) is 6.42 Å². The summed E-state index contributed by atoms with van der Waals surface area (Å²) in [6.45, 7) is 5.47. The Morgan fingerprint density at radius 3 is 2.50 bits per heavy atom. The number of Topliss-reactive ketones (excluding diaryl/α,β-unsaturated/α-hetero) is 1. The fraction of sp³-hybridized carbons (Fsp3) is 0.941. The van der Waals surface area contributed by atoms with Gasteiger partial charge in [0.05, 0.1) is 6.10 Å². The van der Waals surface area contributed by atoms with E-state index in [4.69, 9.17) is 9.47 Å². The molecule has 1 atom stereocenters. The van der Waals surface area contributed by atoms with Crippen molar-refractivity contribution in [3.05, 3.63) is 0 Å². The molecule has 20 heavy (non-hydrogen) atoms. The van der Waals surface area contributed by atoms with Gasteiger partial charge >= 0.3 is 0 Å². The summed E-state index contributed by atoms with van der Waals surface area (Å²) in [5.41, 5.74) is -0.133. The van der Waals surface area contributed by atoms with Crippen LogP contribution in [-0.2, 0) is 14.3 Å². The van der Waals surface area contributed by atoms with Gasteiger partial charge in [0.2, 0.25) is 0 Å². The maximum Gasteiger partial charge on any atom is 0.164 e. The fourth-order valence-electron chi connectivity index (χ4n) is 3.52. The molecule has 1 saturated heterocycles. The van der Waals surface area contributed by atoms with Gasteiger partial charge in [0.1, 0.15) is 5.60 Å². The van der Waals surface area contributed by atoms with Crippen molar-refractivity contribution in [2.75, 3.05) is 13.7 Å². The van der Waals surface area contributed by atoms with Crippen LogP contribution in [0.4, 0.5) is 0 Å². The molecule has 0 aromatic carbocycles. The normalized spacial score (nSPS) is 28.4. The van der Waals surface area contributed by atoms with Crippen LogP contribution >= 0.6 is 0 Å². The SMILES string of the molecule is COC1(C(=O)CCCC2CCCO2)CCC(C)(C)CC1. The number of rotatable bonds is 6. The van der Waals surface area contributed by atoms with Crippen molar-refractivity contribution < 1.29 is 14.3 Å². The predicted octanol–water partition coefficient (Wildman–Crippen LogP) is 3.89. The van der Waals surface area contributed by atoms with Crippen LogP contribution in [0.3, 0.4) is 0 Å². The van der Waals surface area contributed by atoms with E-state index in [9.17, 15) is 4.79 Å². The zero-order valence-corrected chi connectivity index (χ0v) is 13.4. The molecule has 1 saturated carbocycles. The monoisotopic (exact) mass is 282 g/mol. The lowest BCUT2D eigenvalue weighted by Crippen LogP contribution is -2.45.